The molecule has 1 aromatic carbocycles. The molecule has 1 atom stereocenters. The van der Waals surface area contributed by atoms with Gasteiger partial charge in [-0.05, 0) is 50.8 Å². The number of nitrogens with two attached hydrogens (primary N) is 1. The number of ether oxygens (including phenoxy) is 1. The van der Waals surface area contributed by atoms with E-state index in [0.717, 1.165) is 31.6 Å². The van der Waals surface area contributed by atoms with E-state index in [4.69, 9.17) is 10.5 Å². The number of hydrogen-bond donors (Lipinski definition) is 1. The Kier molecular flexibility index (Phi) is 6.32. The summed E-state index contributed by atoms with van der Waals surface area (Å²) in [6.45, 7) is 7.11. The zero-order valence-corrected chi connectivity index (χ0v) is 19.1. The molecule has 166 valence electrons. The average molecular weight is 445 g/mol. The van der Waals surface area contributed by atoms with Crippen molar-refractivity contribution in [2.45, 2.75) is 43.8 Å². The molecule has 0 aliphatic carbocycles. The number of nitrogen functional groups attached to an aromatic ring is 1. The fraction of sp³-hybridized carbons (Fsp3) is 0.455. The molecular weight excluding hydrogens is 416 g/mol. The summed E-state index contributed by atoms with van der Waals surface area (Å²) in [5.41, 5.74) is 7.14. The van der Waals surface area contributed by atoms with Crippen LogP contribution in [0.1, 0.15) is 49.7 Å². The first-order valence-electron chi connectivity index (χ1n) is 10.2. The van der Waals surface area contributed by atoms with Crippen LogP contribution in [0, 0.1) is 17.2 Å². The number of sulfone groups is 1. The highest BCUT2D eigenvalue weighted by Crippen LogP contribution is 2.34. The van der Waals surface area contributed by atoms with Crippen molar-refractivity contribution >= 4 is 27.2 Å². The lowest BCUT2D eigenvalue weighted by atomic mass is 10.00. The van der Waals surface area contributed by atoms with Crippen LogP contribution in [0.15, 0.2) is 29.3 Å². The molecule has 1 aliphatic heterocycles. The lowest BCUT2D eigenvalue weighted by Crippen LogP contribution is -2.34. The first-order valence-corrected chi connectivity index (χ1v) is 11.8. The third kappa shape index (κ3) is 4.12. The second kappa shape index (κ2) is 8.63. The van der Waals surface area contributed by atoms with Gasteiger partial charge in [0.1, 0.15) is 6.07 Å². The van der Waals surface area contributed by atoms with Gasteiger partial charge in [-0.3, -0.25) is 0 Å². The highest BCUT2D eigenvalue weighted by molar-refractivity contribution is 7.92. The molecule has 1 aliphatic rings. The molecule has 9 heteroatoms. The molecule has 8 nitrogen and oxygen atoms in total. The van der Waals surface area contributed by atoms with E-state index in [1.54, 1.807) is 32.0 Å². The standard InChI is InChI=1S/C22H28N4O4S/c1-14(2)31(28,29)19-8-7-17(25-9-5-6-15(3)12-25)10-18(19)26-13-16(11-23)20(24)21(26)22(27)30-4/h7-8,10,13-15H,5-6,9,12,24H2,1-4H3. The Morgan fingerprint density at radius 2 is 2.06 bits per heavy atom. The van der Waals surface area contributed by atoms with E-state index in [9.17, 15) is 18.5 Å². The first-order chi connectivity index (χ1) is 14.6. The molecule has 2 N–H and O–H groups in total. The van der Waals surface area contributed by atoms with E-state index in [1.165, 1.54) is 17.9 Å². The molecule has 0 spiro atoms. The van der Waals surface area contributed by atoms with Crippen molar-refractivity contribution in [2.24, 2.45) is 5.92 Å². The van der Waals surface area contributed by atoms with Crippen LogP contribution in [0.4, 0.5) is 11.4 Å². The van der Waals surface area contributed by atoms with Crippen LogP contribution in [0.2, 0.25) is 0 Å². The van der Waals surface area contributed by atoms with Crippen molar-refractivity contribution in [3.05, 3.63) is 35.7 Å². The number of piperidine rings is 1. The Morgan fingerprint density at radius 1 is 1.35 bits per heavy atom. The molecule has 0 saturated carbocycles. The third-order valence-electron chi connectivity index (χ3n) is 5.69. The zero-order valence-electron chi connectivity index (χ0n) is 18.3. The SMILES string of the molecule is COC(=O)c1c(N)c(C#N)cn1-c1cc(N2CCCC(C)C2)ccc1S(=O)(=O)C(C)C. The van der Waals surface area contributed by atoms with Gasteiger partial charge < -0.3 is 19.9 Å². The average Bonchev–Trinajstić information content (AvgIpc) is 3.08. The minimum atomic E-state index is -3.69. The van der Waals surface area contributed by atoms with Crippen LogP contribution in [0.5, 0.6) is 0 Å². The Bertz CT molecular complexity index is 1140. The molecule has 2 heterocycles. The molecule has 1 unspecified atom stereocenters. The summed E-state index contributed by atoms with van der Waals surface area (Å²) in [7, 11) is -2.48. The molecule has 1 saturated heterocycles. The van der Waals surface area contributed by atoms with Crippen LogP contribution in [0.25, 0.3) is 5.69 Å². The number of aromatic nitrogens is 1. The summed E-state index contributed by atoms with van der Waals surface area (Å²) in [6, 6.07) is 7.08. The van der Waals surface area contributed by atoms with E-state index < -0.39 is 21.1 Å². The largest absolute Gasteiger partial charge is 0.464 e. The first kappa shape index (κ1) is 22.7. The number of nitriles is 1. The van der Waals surface area contributed by atoms with E-state index >= 15 is 0 Å². The molecule has 0 bridgehead atoms. The monoisotopic (exact) mass is 444 g/mol. The van der Waals surface area contributed by atoms with E-state index in [0.29, 0.717) is 5.92 Å². The summed E-state index contributed by atoms with van der Waals surface area (Å²) >= 11 is 0. The topological polar surface area (TPSA) is 118 Å². The summed E-state index contributed by atoms with van der Waals surface area (Å²) in [6.07, 6.45) is 3.58. The Labute approximate surface area is 183 Å². The van der Waals surface area contributed by atoms with Crippen molar-refractivity contribution < 1.29 is 17.9 Å². The van der Waals surface area contributed by atoms with Gasteiger partial charge in [0.2, 0.25) is 0 Å². The van der Waals surface area contributed by atoms with Crippen molar-refractivity contribution in [3.63, 3.8) is 0 Å². The van der Waals surface area contributed by atoms with Crippen molar-refractivity contribution in [1.29, 1.82) is 5.26 Å². The number of anilines is 2. The highest BCUT2D eigenvalue weighted by atomic mass is 32.2. The zero-order chi connectivity index (χ0) is 22.9. The maximum Gasteiger partial charge on any atom is 0.357 e. The second-order valence-corrected chi connectivity index (χ2v) is 10.7. The molecule has 1 fully saturated rings. The number of esters is 1. The molecule has 2 aromatic rings. The van der Waals surface area contributed by atoms with Gasteiger partial charge in [-0.15, -0.1) is 0 Å². The fourth-order valence-corrected chi connectivity index (χ4v) is 5.13. The summed E-state index contributed by atoms with van der Waals surface area (Å²) < 4.78 is 32.5. The quantitative estimate of drug-likeness (QED) is 0.704. The smallest absolute Gasteiger partial charge is 0.357 e. The highest BCUT2D eigenvalue weighted by Gasteiger charge is 2.29. The summed E-state index contributed by atoms with van der Waals surface area (Å²) in [4.78, 5) is 14.8. The summed E-state index contributed by atoms with van der Waals surface area (Å²) in [5, 5.41) is 8.77. The number of methoxy groups -OCH3 is 1. The number of benzene rings is 1. The van der Waals surface area contributed by atoms with E-state index in [1.807, 2.05) is 6.07 Å². The summed E-state index contributed by atoms with van der Waals surface area (Å²) in [5.74, 6) is -0.224. The van der Waals surface area contributed by atoms with Gasteiger partial charge >= 0.3 is 5.97 Å². The molecule has 1 aromatic heterocycles. The fourth-order valence-electron chi connectivity index (χ4n) is 3.91. The number of nitrogens with zero attached hydrogens (tertiary/aromatic N) is 3. The number of carbonyl (C=O) groups excluding carboxylic acids is 1. The van der Waals surface area contributed by atoms with Gasteiger partial charge in [0.25, 0.3) is 0 Å². The minimum Gasteiger partial charge on any atom is -0.464 e. The van der Waals surface area contributed by atoms with E-state index in [-0.39, 0.29) is 27.5 Å². The normalized spacial score (nSPS) is 16.9. The predicted molar refractivity (Wildman–Crippen MR) is 119 cm³/mol. The van der Waals surface area contributed by atoms with Crippen LogP contribution in [-0.2, 0) is 14.6 Å². The molecule has 0 radical (unpaired) electrons. The second-order valence-electron chi connectivity index (χ2n) is 8.22. The van der Waals surface area contributed by atoms with Crippen LogP contribution >= 0.6 is 0 Å². The Balaban J connectivity index is 2.30. The van der Waals surface area contributed by atoms with Gasteiger partial charge in [-0.1, -0.05) is 6.92 Å². The van der Waals surface area contributed by atoms with Crippen molar-refractivity contribution in [3.8, 4) is 11.8 Å². The maximum atomic E-state index is 13.1. The maximum absolute atomic E-state index is 13.1. The van der Waals surface area contributed by atoms with Gasteiger partial charge in [0, 0.05) is 25.0 Å². The van der Waals surface area contributed by atoms with Gasteiger partial charge in [-0.25, -0.2) is 13.2 Å². The van der Waals surface area contributed by atoms with Crippen molar-refractivity contribution in [1.82, 2.24) is 4.57 Å². The van der Waals surface area contributed by atoms with E-state index in [2.05, 4.69) is 11.8 Å². The van der Waals surface area contributed by atoms with Gasteiger partial charge in [-0.2, -0.15) is 5.26 Å². The Morgan fingerprint density at radius 3 is 2.65 bits per heavy atom. The number of hydrogen-bond acceptors (Lipinski definition) is 7. The van der Waals surface area contributed by atoms with Gasteiger partial charge in [0.15, 0.2) is 15.5 Å². The lowest BCUT2D eigenvalue weighted by molar-refractivity contribution is 0.0593. The van der Waals surface area contributed by atoms with Gasteiger partial charge in [0.05, 0.1) is 34.2 Å². The Hall–Kier alpha value is -2.99. The molecule has 3 rings (SSSR count). The molecule has 0 amide bonds. The van der Waals surface area contributed by atoms with Crippen LogP contribution in [-0.4, -0.2) is 44.4 Å². The van der Waals surface area contributed by atoms with Crippen molar-refractivity contribution in [2.75, 3.05) is 30.8 Å². The third-order valence-corrected chi connectivity index (χ3v) is 7.89. The lowest BCUT2D eigenvalue weighted by Gasteiger charge is -2.33. The number of carbonyl (C=O) groups is 1. The number of rotatable bonds is 5. The molecule has 31 heavy (non-hydrogen) atoms. The van der Waals surface area contributed by atoms with Crippen LogP contribution < -0.4 is 10.6 Å². The minimum absolute atomic E-state index is 0.0424. The molecular formula is C22H28N4O4S. The predicted octanol–water partition coefficient (Wildman–Crippen LogP) is 3.14. The van der Waals surface area contributed by atoms with Crippen LogP contribution in [0.3, 0.4) is 0 Å².